The van der Waals surface area contributed by atoms with E-state index in [1.54, 1.807) is 19.0 Å². The lowest BCUT2D eigenvalue weighted by molar-refractivity contribution is -0.127. The lowest BCUT2D eigenvalue weighted by Crippen LogP contribution is -2.45. The molecule has 1 atom stereocenters. The normalized spacial score (nSPS) is 15.6. The van der Waals surface area contributed by atoms with Gasteiger partial charge in [0.05, 0.1) is 13.1 Å². The number of amides is 2. The van der Waals surface area contributed by atoms with E-state index in [0.29, 0.717) is 18.9 Å². The monoisotopic (exact) mass is 373 g/mol. The molecule has 0 aromatic heterocycles. The third-order valence-corrected chi connectivity index (χ3v) is 4.64. The van der Waals surface area contributed by atoms with Gasteiger partial charge in [0, 0.05) is 38.8 Å². The van der Waals surface area contributed by atoms with Gasteiger partial charge in [-0.1, -0.05) is 19.1 Å². The molecule has 1 aromatic rings. The van der Waals surface area contributed by atoms with Crippen LogP contribution in [0.5, 0.6) is 0 Å². The van der Waals surface area contributed by atoms with Gasteiger partial charge in [-0.15, -0.1) is 0 Å². The van der Waals surface area contributed by atoms with Crippen LogP contribution < -0.4 is 15.5 Å². The minimum absolute atomic E-state index is 0.00622. The maximum Gasteiger partial charge on any atom is 0.241 e. The number of hydrogen-bond acceptors (Lipinski definition) is 3. The zero-order valence-electron chi connectivity index (χ0n) is 16.8. The van der Waals surface area contributed by atoms with Crippen molar-refractivity contribution in [3.8, 4) is 0 Å². The zero-order valence-corrected chi connectivity index (χ0v) is 16.8. The van der Waals surface area contributed by atoms with Gasteiger partial charge in [0.2, 0.25) is 11.8 Å². The van der Waals surface area contributed by atoms with Gasteiger partial charge in [-0.2, -0.15) is 0 Å². The fourth-order valence-electron chi connectivity index (χ4n) is 2.68. The first-order valence-corrected chi connectivity index (χ1v) is 9.55. The molecule has 7 nitrogen and oxygen atoms in total. The molecule has 0 radical (unpaired) electrons. The molecule has 2 rings (SSSR count). The Hall–Kier alpha value is -2.57. The highest BCUT2D eigenvalue weighted by atomic mass is 16.2. The topological polar surface area (TPSA) is 77.0 Å². The Morgan fingerprint density at radius 1 is 1.30 bits per heavy atom. The van der Waals surface area contributed by atoms with Gasteiger partial charge in [0.25, 0.3) is 0 Å². The number of benzene rings is 1. The standard InChI is InChI=1S/C20H31N5O2/c1-5-15(2)23-20(22-14-19(27)24(3)4)21-13-16-8-10-17(11-9-16)25-12-6-7-18(25)26/h8-11,15H,5-7,12-14H2,1-4H3,(H2,21,22,23). The fourth-order valence-corrected chi connectivity index (χ4v) is 2.68. The van der Waals surface area contributed by atoms with Crippen molar-refractivity contribution in [1.29, 1.82) is 0 Å². The third kappa shape index (κ3) is 6.27. The van der Waals surface area contributed by atoms with Crippen LogP contribution in [0.3, 0.4) is 0 Å². The van der Waals surface area contributed by atoms with E-state index < -0.39 is 0 Å². The van der Waals surface area contributed by atoms with E-state index in [1.807, 2.05) is 29.2 Å². The quantitative estimate of drug-likeness (QED) is 0.564. The summed E-state index contributed by atoms with van der Waals surface area (Å²) in [6.45, 7) is 5.66. The number of nitrogens with one attached hydrogen (secondary N) is 2. The van der Waals surface area contributed by atoms with Crippen LogP contribution in [0.25, 0.3) is 0 Å². The highest BCUT2D eigenvalue weighted by Gasteiger charge is 2.21. The van der Waals surface area contributed by atoms with Crippen LogP contribution in [0, 0.1) is 0 Å². The Balaban J connectivity index is 2.00. The number of likely N-dealkylation sites (N-methyl/N-ethyl adjacent to an activating group) is 1. The number of hydrogen-bond donors (Lipinski definition) is 2. The molecule has 1 heterocycles. The number of anilines is 1. The second kappa shape index (κ2) is 9.94. The summed E-state index contributed by atoms with van der Waals surface area (Å²) >= 11 is 0. The van der Waals surface area contributed by atoms with Crippen LogP contribution in [0.15, 0.2) is 29.3 Å². The summed E-state index contributed by atoms with van der Waals surface area (Å²) in [4.78, 5) is 31.6. The lowest BCUT2D eigenvalue weighted by Gasteiger charge is -2.18. The number of carbonyl (C=O) groups excluding carboxylic acids is 2. The maximum atomic E-state index is 11.8. The Morgan fingerprint density at radius 3 is 2.56 bits per heavy atom. The van der Waals surface area contributed by atoms with E-state index in [0.717, 1.165) is 30.6 Å². The molecule has 2 N–H and O–H groups in total. The average molecular weight is 374 g/mol. The van der Waals surface area contributed by atoms with Crippen LogP contribution in [-0.2, 0) is 16.1 Å². The van der Waals surface area contributed by atoms with Crippen LogP contribution in [0.2, 0.25) is 0 Å². The van der Waals surface area contributed by atoms with Crippen LogP contribution >= 0.6 is 0 Å². The van der Waals surface area contributed by atoms with Gasteiger partial charge < -0.3 is 20.4 Å². The van der Waals surface area contributed by atoms with Crippen molar-refractivity contribution < 1.29 is 9.59 Å². The molecule has 1 unspecified atom stereocenters. The van der Waals surface area contributed by atoms with E-state index in [4.69, 9.17) is 0 Å². The van der Waals surface area contributed by atoms with Crippen LogP contribution in [0.1, 0.15) is 38.7 Å². The molecule has 0 aliphatic carbocycles. The lowest BCUT2D eigenvalue weighted by atomic mass is 10.2. The van der Waals surface area contributed by atoms with Gasteiger partial charge in [-0.05, 0) is 37.5 Å². The number of rotatable bonds is 7. The number of guanidine groups is 1. The average Bonchev–Trinajstić information content (AvgIpc) is 3.09. The molecule has 1 aromatic carbocycles. The molecule has 7 heteroatoms. The van der Waals surface area contributed by atoms with Crippen molar-refractivity contribution in [2.75, 3.05) is 32.1 Å². The van der Waals surface area contributed by atoms with E-state index >= 15 is 0 Å². The van der Waals surface area contributed by atoms with E-state index in [2.05, 4.69) is 29.5 Å². The van der Waals surface area contributed by atoms with E-state index in [-0.39, 0.29) is 24.4 Å². The predicted molar refractivity (Wildman–Crippen MR) is 109 cm³/mol. The zero-order chi connectivity index (χ0) is 19.8. The van der Waals surface area contributed by atoms with Gasteiger partial charge >= 0.3 is 0 Å². The SMILES string of the molecule is CCC(C)NC(=NCc1ccc(N2CCCC2=O)cc1)NCC(=O)N(C)C. The Bertz CT molecular complexity index is 669. The third-order valence-electron chi connectivity index (χ3n) is 4.64. The van der Waals surface area contributed by atoms with Crippen molar-refractivity contribution in [2.45, 2.75) is 45.7 Å². The summed E-state index contributed by atoms with van der Waals surface area (Å²) in [7, 11) is 3.46. The Labute approximate surface area is 161 Å². The Kier molecular flexibility index (Phi) is 7.64. The first-order valence-electron chi connectivity index (χ1n) is 9.55. The van der Waals surface area contributed by atoms with Crippen molar-refractivity contribution in [3.63, 3.8) is 0 Å². The largest absolute Gasteiger partial charge is 0.354 e. The molecule has 0 spiro atoms. The molecule has 27 heavy (non-hydrogen) atoms. The second-order valence-electron chi connectivity index (χ2n) is 7.08. The molecule has 2 amide bonds. The molecular weight excluding hydrogens is 342 g/mol. The highest BCUT2D eigenvalue weighted by molar-refractivity contribution is 5.95. The van der Waals surface area contributed by atoms with Gasteiger partial charge in [-0.3, -0.25) is 9.59 Å². The number of nitrogens with zero attached hydrogens (tertiary/aromatic N) is 3. The fraction of sp³-hybridized carbons (Fsp3) is 0.550. The molecule has 1 fully saturated rings. The smallest absolute Gasteiger partial charge is 0.241 e. The van der Waals surface area contributed by atoms with Gasteiger partial charge in [0.1, 0.15) is 0 Å². The number of aliphatic imine (C=N–C) groups is 1. The molecule has 1 aliphatic heterocycles. The first kappa shape index (κ1) is 20.7. The minimum atomic E-state index is -0.00622. The summed E-state index contributed by atoms with van der Waals surface area (Å²) in [5, 5.41) is 6.40. The molecule has 1 aliphatic rings. The summed E-state index contributed by atoms with van der Waals surface area (Å²) in [6.07, 6.45) is 2.52. The second-order valence-corrected chi connectivity index (χ2v) is 7.08. The highest BCUT2D eigenvalue weighted by Crippen LogP contribution is 2.21. The van der Waals surface area contributed by atoms with Gasteiger partial charge in [0.15, 0.2) is 5.96 Å². The molecule has 0 bridgehead atoms. The summed E-state index contributed by atoms with van der Waals surface area (Å²) in [5.74, 6) is 0.808. The predicted octanol–water partition coefficient (Wildman–Crippen LogP) is 1.74. The van der Waals surface area contributed by atoms with Crippen molar-refractivity contribution in [3.05, 3.63) is 29.8 Å². The van der Waals surface area contributed by atoms with Crippen LogP contribution in [0.4, 0.5) is 5.69 Å². The summed E-state index contributed by atoms with van der Waals surface area (Å²) in [5.41, 5.74) is 1.99. The van der Waals surface area contributed by atoms with E-state index in [1.165, 1.54) is 0 Å². The van der Waals surface area contributed by atoms with Gasteiger partial charge in [-0.25, -0.2) is 4.99 Å². The minimum Gasteiger partial charge on any atom is -0.354 e. The van der Waals surface area contributed by atoms with Crippen molar-refractivity contribution in [1.82, 2.24) is 15.5 Å². The van der Waals surface area contributed by atoms with Crippen molar-refractivity contribution in [2.24, 2.45) is 4.99 Å². The molecular formula is C20H31N5O2. The summed E-state index contributed by atoms with van der Waals surface area (Å²) < 4.78 is 0. The summed E-state index contributed by atoms with van der Waals surface area (Å²) in [6, 6.07) is 8.19. The van der Waals surface area contributed by atoms with E-state index in [9.17, 15) is 9.59 Å². The van der Waals surface area contributed by atoms with Crippen molar-refractivity contribution >= 4 is 23.5 Å². The molecule has 1 saturated heterocycles. The van der Waals surface area contributed by atoms with Crippen LogP contribution in [-0.4, -0.2) is 55.9 Å². The molecule has 148 valence electrons. The number of carbonyl (C=O) groups is 2. The first-order chi connectivity index (χ1) is 12.9. The molecule has 0 saturated carbocycles. The Morgan fingerprint density at radius 2 is 2.00 bits per heavy atom. The maximum absolute atomic E-state index is 11.8.